The molecule has 1 aliphatic rings. The molecule has 13 heavy (non-hydrogen) atoms. The monoisotopic (exact) mass is 207 g/mol. The fourth-order valence-corrected chi connectivity index (χ4v) is 3.65. The molecule has 0 saturated carbocycles. The number of nitrogens with two attached hydrogens (primary N) is 1. The molecule has 1 heterocycles. The minimum absolute atomic E-state index is 0.0594. The van der Waals surface area contributed by atoms with Crippen LogP contribution in [0.15, 0.2) is 0 Å². The summed E-state index contributed by atoms with van der Waals surface area (Å²) in [6.45, 7) is 3.77. The topological polar surface area (TPSA) is 80.4 Å². The van der Waals surface area contributed by atoms with Crippen molar-refractivity contribution in [2.75, 3.05) is 11.5 Å². The summed E-state index contributed by atoms with van der Waals surface area (Å²) in [5.41, 5.74) is 4.56. The zero-order valence-electron chi connectivity index (χ0n) is 8.03. The van der Waals surface area contributed by atoms with E-state index >= 15 is 0 Å². The summed E-state index contributed by atoms with van der Waals surface area (Å²) in [4.78, 5) is 0. The maximum Gasteiger partial charge on any atom is 0.153 e. The molecule has 0 aromatic carbocycles. The van der Waals surface area contributed by atoms with Crippen molar-refractivity contribution < 1.29 is 13.5 Å². The van der Waals surface area contributed by atoms with Crippen LogP contribution in [0, 0.1) is 5.92 Å². The Bertz CT molecular complexity index is 286. The molecule has 0 aromatic rings. The highest BCUT2D eigenvalue weighted by molar-refractivity contribution is 7.91. The average Bonchev–Trinajstić information content (AvgIpc) is 2.25. The Hall–Kier alpha value is -0.130. The van der Waals surface area contributed by atoms with Crippen LogP contribution in [0.25, 0.3) is 0 Å². The molecule has 1 rings (SSSR count). The Kier molecular flexibility index (Phi) is 2.71. The maximum absolute atomic E-state index is 11.2. The van der Waals surface area contributed by atoms with Gasteiger partial charge in [-0.15, -0.1) is 0 Å². The normalized spacial score (nSPS) is 35.2. The number of sulfone groups is 1. The minimum Gasteiger partial charge on any atom is -0.387 e. The van der Waals surface area contributed by atoms with Gasteiger partial charge in [0.25, 0.3) is 0 Å². The lowest BCUT2D eigenvalue weighted by Gasteiger charge is -2.31. The molecule has 1 saturated heterocycles. The molecule has 78 valence electrons. The molecular weight excluding hydrogens is 190 g/mol. The third-order valence-corrected chi connectivity index (χ3v) is 4.42. The maximum atomic E-state index is 11.2. The van der Waals surface area contributed by atoms with Crippen LogP contribution in [0.1, 0.15) is 20.3 Å². The van der Waals surface area contributed by atoms with Crippen molar-refractivity contribution in [3.63, 3.8) is 0 Å². The summed E-state index contributed by atoms with van der Waals surface area (Å²) in [7, 11) is -3.06. The zero-order chi connectivity index (χ0) is 10.3. The first-order valence-electron chi connectivity index (χ1n) is 4.45. The molecule has 3 N–H and O–H groups in total. The van der Waals surface area contributed by atoms with Crippen LogP contribution in [-0.2, 0) is 9.84 Å². The Morgan fingerprint density at radius 1 is 1.46 bits per heavy atom. The average molecular weight is 207 g/mol. The van der Waals surface area contributed by atoms with Crippen molar-refractivity contribution in [3.8, 4) is 0 Å². The second-order valence-corrected chi connectivity index (χ2v) is 6.40. The first-order valence-corrected chi connectivity index (χ1v) is 6.27. The van der Waals surface area contributed by atoms with Gasteiger partial charge < -0.3 is 10.8 Å². The molecule has 0 spiro atoms. The van der Waals surface area contributed by atoms with Crippen molar-refractivity contribution in [1.82, 2.24) is 0 Å². The van der Waals surface area contributed by atoms with E-state index in [0.717, 1.165) is 0 Å². The van der Waals surface area contributed by atoms with Crippen molar-refractivity contribution in [3.05, 3.63) is 0 Å². The first kappa shape index (κ1) is 10.9. The van der Waals surface area contributed by atoms with Crippen LogP contribution in [-0.4, -0.2) is 36.7 Å². The largest absolute Gasteiger partial charge is 0.387 e. The SMILES string of the molecule is CC(C)C(N)C1(O)CCS(=O)(=O)C1. The molecule has 0 amide bonds. The van der Waals surface area contributed by atoms with Crippen LogP contribution in [0.3, 0.4) is 0 Å². The summed E-state index contributed by atoms with van der Waals surface area (Å²) < 4.78 is 22.3. The number of hydrogen-bond acceptors (Lipinski definition) is 4. The quantitative estimate of drug-likeness (QED) is 0.641. The van der Waals surface area contributed by atoms with Gasteiger partial charge in [-0.05, 0) is 12.3 Å². The molecule has 1 aliphatic heterocycles. The highest BCUT2D eigenvalue weighted by Crippen LogP contribution is 2.28. The van der Waals surface area contributed by atoms with Gasteiger partial charge >= 0.3 is 0 Å². The van der Waals surface area contributed by atoms with Crippen LogP contribution in [0.5, 0.6) is 0 Å². The van der Waals surface area contributed by atoms with Crippen LogP contribution >= 0.6 is 0 Å². The van der Waals surface area contributed by atoms with E-state index in [9.17, 15) is 13.5 Å². The zero-order valence-corrected chi connectivity index (χ0v) is 8.84. The molecule has 0 radical (unpaired) electrons. The number of hydrogen-bond donors (Lipinski definition) is 2. The van der Waals surface area contributed by atoms with Crippen molar-refractivity contribution in [1.29, 1.82) is 0 Å². The summed E-state index contributed by atoms with van der Waals surface area (Å²) in [5, 5.41) is 9.96. The van der Waals surface area contributed by atoms with Gasteiger partial charge in [-0.25, -0.2) is 8.42 Å². The van der Waals surface area contributed by atoms with Crippen molar-refractivity contribution >= 4 is 9.84 Å². The molecule has 0 aliphatic carbocycles. The van der Waals surface area contributed by atoms with Crippen LogP contribution < -0.4 is 5.73 Å². The summed E-state index contributed by atoms with van der Waals surface area (Å²) in [6, 6.07) is -0.454. The molecule has 0 bridgehead atoms. The van der Waals surface area contributed by atoms with E-state index in [4.69, 9.17) is 5.73 Å². The first-order chi connectivity index (χ1) is 5.77. The van der Waals surface area contributed by atoms with Gasteiger partial charge in [-0.1, -0.05) is 13.8 Å². The second kappa shape index (κ2) is 3.22. The number of aliphatic hydroxyl groups is 1. The Labute approximate surface area is 79.0 Å². The minimum atomic E-state index is -3.06. The van der Waals surface area contributed by atoms with Crippen LogP contribution in [0.4, 0.5) is 0 Å². The molecule has 2 unspecified atom stereocenters. The van der Waals surface area contributed by atoms with Gasteiger partial charge in [0.05, 0.1) is 17.1 Å². The summed E-state index contributed by atoms with van der Waals surface area (Å²) >= 11 is 0. The van der Waals surface area contributed by atoms with Crippen molar-refractivity contribution in [2.24, 2.45) is 11.7 Å². The van der Waals surface area contributed by atoms with Gasteiger partial charge in [0.15, 0.2) is 9.84 Å². The predicted octanol–water partition coefficient (Wildman–Crippen LogP) is -0.481. The van der Waals surface area contributed by atoms with Gasteiger partial charge in [0.2, 0.25) is 0 Å². The molecule has 2 atom stereocenters. The van der Waals surface area contributed by atoms with E-state index in [1.165, 1.54) is 0 Å². The second-order valence-electron chi connectivity index (χ2n) is 4.22. The summed E-state index contributed by atoms with van der Waals surface area (Å²) in [6.07, 6.45) is 0.272. The fraction of sp³-hybridized carbons (Fsp3) is 1.00. The molecule has 1 fully saturated rings. The standard InChI is InChI=1S/C8H17NO3S/c1-6(2)7(9)8(10)3-4-13(11,12)5-8/h6-7,10H,3-5,9H2,1-2H3. The van der Waals surface area contributed by atoms with Gasteiger partial charge in [-0.3, -0.25) is 0 Å². The Morgan fingerprint density at radius 2 is 2.00 bits per heavy atom. The molecule has 0 aromatic heterocycles. The smallest absolute Gasteiger partial charge is 0.153 e. The molecule has 5 heteroatoms. The lowest BCUT2D eigenvalue weighted by Crippen LogP contribution is -2.51. The fourth-order valence-electron chi connectivity index (χ4n) is 1.74. The predicted molar refractivity (Wildman–Crippen MR) is 51.0 cm³/mol. The summed E-state index contributed by atoms with van der Waals surface area (Å²) in [5.74, 6) is -0.0261. The Balaban J connectivity index is 2.81. The van der Waals surface area contributed by atoms with E-state index in [-0.39, 0.29) is 23.8 Å². The highest BCUT2D eigenvalue weighted by Gasteiger charge is 2.45. The van der Waals surface area contributed by atoms with Gasteiger partial charge in [0, 0.05) is 6.04 Å². The van der Waals surface area contributed by atoms with Crippen molar-refractivity contribution in [2.45, 2.75) is 31.9 Å². The van der Waals surface area contributed by atoms with Gasteiger partial charge in [0.1, 0.15) is 0 Å². The van der Waals surface area contributed by atoms with Gasteiger partial charge in [-0.2, -0.15) is 0 Å². The van der Waals surface area contributed by atoms with E-state index in [1.54, 1.807) is 0 Å². The third-order valence-electron chi connectivity index (χ3n) is 2.65. The van der Waals surface area contributed by atoms with E-state index in [1.807, 2.05) is 13.8 Å². The lowest BCUT2D eigenvalue weighted by atomic mass is 9.86. The lowest BCUT2D eigenvalue weighted by molar-refractivity contribution is 0.0249. The third kappa shape index (κ3) is 2.21. The molecule has 4 nitrogen and oxygen atoms in total. The van der Waals surface area contributed by atoms with E-state index in [0.29, 0.717) is 0 Å². The van der Waals surface area contributed by atoms with E-state index in [2.05, 4.69) is 0 Å². The molecular formula is C8H17NO3S. The van der Waals surface area contributed by atoms with Crippen LogP contribution in [0.2, 0.25) is 0 Å². The number of rotatable bonds is 2. The highest BCUT2D eigenvalue weighted by atomic mass is 32.2. The van der Waals surface area contributed by atoms with E-state index < -0.39 is 21.5 Å². The Morgan fingerprint density at radius 3 is 2.31 bits per heavy atom.